The first kappa shape index (κ1) is 16.0. The minimum atomic E-state index is -0.216. The molecule has 1 rings (SSSR count). The second-order valence-electron chi connectivity index (χ2n) is 4.69. The summed E-state index contributed by atoms with van der Waals surface area (Å²) in [6.45, 7) is 5.17. The van der Waals surface area contributed by atoms with Gasteiger partial charge in [-0.05, 0) is 6.07 Å². The van der Waals surface area contributed by atoms with Crippen LogP contribution in [0, 0.1) is 11.3 Å². The van der Waals surface area contributed by atoms with E-state index in [0.717, 1.165) is 5.56 Å². The molecule has 0 aliphatic heterocycles. The predicted octanol–water partition coefficient (Wildman–Crippen LogP) is 1.59. The number of ether oxygens (including phenoxy) is 1. The highest BCUT2D eigenvalue weighted by Gasteiger charge is 2.06. The highest BCUT2D eigenvalue weighted by atomic mass is 16.5. The Morgan fingerprint density at radius 3 is 2.85 bits per heavy atom. The Hall–Kier alpha value is -2.06. The monoisotopic (exact) mass is 275 g/mol. The van der Waals surface area contributed by atoms with Gasteiger partial charge in [0.25, 0.3) is 5.91 Å². The van der Waals surface area contributed by atoms with Gasteiger partial charge in [-0.3, -0.25) is 4.79 Å². The molecule has 0 unspecified atom stereocenters. The third kappa shape index (κ3) is 6.21. The van der Waals surface area contributed by atoms with E-state index in [1.165, 1.54) is 0 Å². The summed E-state index contributed by atoms with van der Waals surface area (Å²) in [5.41, 5.74) is 1.02. The van der Waals surface area contributed by atoms with Crippen molar-refractivity contribution in [2.24, 2.45) is 0 Å². The molecular formula is C15H21N3O2. The van der Waals surface area contributed by atoms with Gasteiger partial charge in [0.1, 0.15) is 5.75 Å². The Kier molecular flexibility index (Phi) is 7.15. The van der Waals surface area contributed by atoms with Crippen LogP contribution in [0.1, 0.15) is 25.8 Å². The number of nitrogens with zero attached hydrogens (tertiary/aromatic N) is 1. The lowest BCUT2D eigenvalue weighted by Crippen LogP contribution is -2.30. The third-order valence-corrected chi connectivity index (χ3v) is 2.59. The molecule has 0 spiro atoms. The van der Waals surface area contributed by atoms with Crippen molar-refractivity contribution in [1.82, 2.24) is 10.6 Å². The molecule has 0 bridgehead atoms. The van der Waals surface area contributed by atoms with Crippen LogP contribution in [0.3, 0.4) is 0 Å². The summed E-state index contributed by atoms with van der Waals surface area (Å²) in [5.74, 6) is 0.489. The molecule has 0 radical (unpaired) electrons. The molecule has 0 aliphatic rings. The van der Waals surface area contributed by atoms with E-state index < -0.39 is 0 Å². The van der Waals surface area contributed by atoms with Crippen molar-refractivity contribution in [3.63, 3.8) is 0 Å². The van der Waals surface area contributed by atoms with Crippen molar-refractivity contribution >= 4 is 5.91 Å². The molecule has 2 N–H and O–H groups in total. The summed E-state index contributed by atoms with van der Waals surface area (Å²) in [7, 11) is 0. The fraction of sp³-hybridized carbons (Fsp3) is 0.467. The molecule has 0 atom stereocenters. The molecular weight excluding hydrogens is 254 g/mol. The average molecular weight is 275 g/mol. The van der Waals surface area contributed by atoms with Gasteiger partial charge in [-0.2, -0.15) is 5.26 Å². The van der Waals surface area contributed by atoms with E-state index in [1.54, 1.807) is 0 Å². The minimum absolute atomic E-state index is 0.0376. The van der Waals surface area contributed by atoms with E-state index in [9.17, 15) is 4.79 Å². The predicted molar refractivity (Wildman–Crippen MR) is 77.2 cm³/mol. The van der Waals surface area contributed by atoms with Gasteiger partial charge in [0.05, 0.1) is 12.5 Å². The summed E-state index contributed by atoms with van der Waals surface area (Å²) < 4.78 is 5.53. The molecule has 1 aromatic rings. The molecule has 108 valence electrons. The number of rotatable bonds is 8. The van der Waals surface area contributed by atoms with Crippen LogP contribution < -0.4 is 15.4 Å². The zero-order valence-corrected chi connectivity index (χ0v) is 12.0. The minimum Gasteiger partial charge on any atom is -0.483 e. The molecule has 0 fully saturated rings. The van der Waals surface area contributed by atoms with Crippen LogP contribution in [0.25, 0.3) is 0 Å². The summed E-state index contributed by atoms with van der Waals surface area (Å²) in [4.78, 5) is 11.5. The second-order valence-corrected chi connectivity index (χ2v) is 4.69. The second kappa shape index (κ2) is 8.94. The lowest BCUT2D eigenvalue weighted by molar-refractivity contribution is -0.123. The van der Waals surface area contributed by atoms with Crippen LogP contribution in [0.15, 0.2) is 24.3 Å². The largest absolute Gasteiger partial charge is 0.483 e. The molecule has 1 amide bonds. The van der Waals surface area contributed by atoms with Gasteiger partial charge in [-0.1, -0.05) is 32.0 Å². The molecule has 0 saturated carbocycles. The van der Waals surface area contributed by atoms with E-state index in [0.29, 0.717) is 31.3 Å². The molecule has 0 heterocycles. The molecule has 0 saturated heterocycles. The van der Waals surface area contributed by atoms with Crippen molar-refractivity contribution in [2.75, 3.05) is 13.2 Å². The molecule has 0 aliphatic carbocycles. The number of para-hydroxylation sites is 1. The number of carbonyl (C=O) groups excluding carboxylic acids is 1. The smallest absolute Gasteiger partial charge is 0.257 e. The lowest BCUT2D eigenvalue weighted by Gasteiger charge is -2.13. The van der Waals surface area contributed by atoms with Crippen molar-refractivity contribution < 1.29 is 9.53 Å². The van der Waals surface area contributed by atoms with Crippen molar-refractivity contribution in [3.05, 3.63) is 29.8 Å². The number of benzene rings is 1. The van der Waals surface area contributed by atoms with Crippen molar-refractivity contribution in [3.8, 4) is 11.8 Å². The standard InChI is InChI=1S/C15H21N3O2/c1-12(2)18-10-13-6-3-4-7-14(13)20-11-15(19)17-9-5-8-16/h3-4,6-7,12,18H,5,9-11H2,1-2H3,(H,17,19). The molecule has 5 nitrogen and oxygen atoms in total. The average Bonchev–Trinajstić information content (AvgIpc) is 2.44. The molecule has 5 heteroatoms. The first-order valence-corrected chi connectivity index (χ1v) is 6.71. The van der Waals surface area contributed by atoms with Crippen LogP contribution in [0.4, 0.5) is 0 Å². The first-order valence-electron chi connectivity index (χ1n) is 6.71. The molecule has 20 heavy (non-hydrogen) atoms. The Morgan fingerprint density at radius 1 is 1.40 bits per heavy atom. The van der Waals surface area contributed by atoms with Gasteiger partial charge in [-0.15, -0.1) is 0 Å². The fourth-order valence-electron chi connectivity index (χ4n) is 1.56. The van der Waals surface area contributed by atoms with E-state index in [2.05, 4.69) is 24.5 Å². The maximum absolute atomic E-state index is 11.5. The Labute approximate surface area is 119 Å². The number of hydrogen-bond donors (Lipinski definition) is 2. The van der Waals surface area contributed by atoms with Gasteiger partial charge in [0.2, 0.25) is 0 Å². The van der Waals surface area contributed by atoms with E-state index in [1.807, 2.05) is 30.3 Å². The van der Waals surface area contributed by atoms with Crippen LogP contribution >= 0.6 is 0 Å². The molecule has 0 aromatic heterocycles. The highest BCUT2D eigenvalue weighted by molar-refractivity contribution is 5.77. The Morgan fingerprint density at radius 2 is 2.15 bits per heavy atom. The zero-order chi connectivity index (χ0) is 14.8. The number of nitrogens with one attached hydrogen (secondary N) is 2. The van der Waals surface area contributed by atoms with Crippen LogP contribution in [-0.4, -0.2) is 25.1 Å². The third-order valence-electron chi connectivity index (χ3n) is 2.59. The summed E-state index contributed by atoms with van der Waals surface area (Å²) in [6.07, 6.45) is 0.306. The summed E-state index contributed by atoms with van der Waals surface area (Å²) >= 11 is 0. The highest BCUT2D eigenvalue weighted by Crippen LogP contribution is 2.17. The molecule has 1 aromatic carbocycles. The summed E-state index contributed by atoms with van der Waals surface area (Å²) in [6, 6.07) is 9.99. The fourth-order valence-corrected chi connectivity index (χ4v) is 1.56. The van der Waals surface area contributed by atoms with Crippen LogP contribution in [0.2, 0.25) is 0 Å². The Balaban J connectivity index is 2.46. The maximum atomic E-state index is 11.5. The topological polar surface area (TPSA) is 74.2 Å². The lowest BCUT2D eigenvalue weighted by atomic mass is 10.2. The van der Waals surface area contributed by atoms with Crippen LogP contribution in [-0.2, 0) is 11.3 Å². The van der Waals surface area contributed by atoms with Crippen molar-refractivity contribution in [1.29, 1.82) is 5.26 Å². The van der Waals surface area contributed by atoms with Crippen molar-refractivity contribution in [2.45, 2.75) is 32.9 Å². The SMILES string of the molecule is CC(C)NCc1ccccc1OCC(=O)NCCC#N. The quantitative estimate of drug-likeness (QED) is 0.707. The van der Waals surface area contributed by atoms with E-state index in [4.69, 9.17) is 10.00 Å². The number of hydrogen-bond acceptors (Lipinski definition) is 4. The number of carbonyl (C=O) groups is 1. The van der Waals surface area contributed by atoms with Crippen LogP contribution in [0.5, 0.6) is 5.75 Å². The number of amides is 1. The van der Waals surface area contributed by atoms with Gasteiger partial charge in [0, 0.05) is 24.7 Å². The van der Waals surface area contributed by atoms with Gasteiger partial charge >= 0.3 is 0 Å². The maximum Gasteiger partial charge on any atom is 0.257 e. The number of nitriles is 1. The first-order chi connectivity index (χ1) is 9.63. The van der Waals surface area contributed by atoms with E-state index >= 15 is 0 Å². The zero-order valence-electron chi connectivity index (χ0n) is 12.0. The van der Waals surface area contributed by atoms with Gasteiger partial charge < -0.3 is 15.4 Å². The summed E-state index contributed by atoms with van der Waals surface area (Å²) in [5, 5.41) is 14.3. The Bertz CT molecular complexity index is 466. The normalized spacial score (nSPS) is 10.1. The van der Waals surface area contributed by atoms with Gasteiger partial charge in [0.15, 0.2) is 6.61 Å². The van der Waals surface area contributed by atoms with E-state index in [-0.39, 0.29) is 12.5 Å². The van der Waals surface area contributed by atoms with Gasteiger partial charge in [-0.25, -0.2) is 0 Å².